The summed E-state index contributed by atoms with van der Waals surface area (Å²) in [6.07, 6.45) is 2.41. The van der Waals surface area contributed by atoms with E-state index >= 15 is 0 Å². The molecule has 1 aromatic carbocycles. The molecule has 7 heteroatoms. The van der Waals surface area contributed by atoms with Gasteiger partial charge in [-0.25, -0.2) is 4.79 Å². The molecule has 3 rings (SSSR count). The summed E-state index contributed by atoms with van der Waals surface area (Å²) in [7, 11) is 0. The van der Waals surface area contributed by atoms with Crippen LogP contribution in [-0.4, -0.2) is 30.5 Å². The Morgan fingerprint density at radius 1 is 1.30 bits per heavy atom. The van der Waals surface area contributed by atoms with E-state index < -0.39 is 12.1 Å². The molecule has 0 spiro atoms. The number of fused-ring (bicyclic) bond motifs is 1. The lowest BCUT2D eigenvalue weighted by molar-refractivity contribution is -0.123. The third-order valence-electron chi connectivity index (χ3n) is 3.97. The molecule has 1 fully saturated rings. The maximum absolute atomic E-state index is 12.2. The number of hydrogen-bond acceptors (Lipinski definition) is 4. The number of nitrogens with one attached hydrogen (secondary N) is 3. The SMILES string of the molecule is O=C1CC[C@@H](C(=O)NCc2ccc3c(c2)CCCO3)NC(=O)N1. The molecule has 1 aromatic rings. The summed E-state index contributed by atoms with van der Waals surface area (Å²) in [4.78, 5) is 34.8. The van der Waals surface area contributed by atoms with Crippen molar-refractivity contribution in [2.24, 2.45) is 0 Å². The minimum atomic E-state index is -0.692. The van der Waals surface area contributed by atoms with Crippen molar-refractivity contribution in [1.29, 1.82) is 0 Å². The van der Waals surface area contributed by atoms with Gasteiger partial charge in [0.25, 0.3) is 0 Å². The van der Waals surface area contributed by atoms with Crippen molar-refractivity contribution in [3.05, 3.63) is 29.3 Å². The second-order valence-corrected chi connectivity index (χ2v) is 5.72. The Kier molecular flexibility index (Phi) is 4.45. The molecule has 2 heterocycles. The summed E-state index contributed by atoms with van der Waals surface area (Å²) in [6, 6.07) is 4.56. The normalized spacial score (nSPS) is 20.4. The minimum absolute atomic E-state index is 0.146. The Labute approximate surface area is 133 Å². The summed E-state index contributed by atoms with van der Waals surface area (Å²) in [5, 5.41) is 7.45. The lowest BCUT2D eigenvalue weighted by Crippen LogP contribution is -2.48. The van der Waals surface area contributed by atoms with Crippen LogP contribution >= 0.6 is 0 Å². The van der Waals surface area contributed by atoms with E-state index in [4.69, 9.17) is 4.74 Å². The molecular weight excluding hydrogens is 298 g/mol. The van der Waals surface area contributed by atoms with Crippen LogP contribution < -0.4 is 20.7 Å². The fourth-order valence-corrected chi connectivity index (χ4v) is 2.76. The Morgan fingerprint density at radius 2 is 2.17 bits per heavy atom. The number of urea groups is 1. The number of ether oxygens (including phenoxy) is 1. The zero-order chi connectivity index (χ0) is 16.2. The highest BCUT2D eigenvalue weighted by Crippen LogP contribution is 2.25. The predicted molar refractivity (Wildman–Crippen MR) is 81.8 cm³/mol. The van der Waals surface area contributed by atoms with Crippen LogP contribution in [-0.2, 0) is 22.6 Å². The number of aryl methyl sites for hydroxylation is 1. The van der Waals surface area contributed by atoms with Gasteiger partial charge in [0, 0.05) is 13.0 Å². The van der Waals surface area contributed by atoms with Gasteiger partial charge >= 0.3 is 6.03 Å². The highest BCUT2D eigenvalue weighted by Gasteiger charge is 2.25. The Bertz CT molecular complexity index is 644. The van der Waals surface area contributed by atoms with Gasteiger partial charge in [-0.05, 0) is 36.5 Å². The topological polar surface area (TPSA) is 96.5 Å². The molecule has 2 aliphatic heterocycles. The molecule has 0 unspecified atom stereocenters. The van der Waals surface area contributed by atoms with Crippen molar-refractivity contribution in [3.8, 4) is 5.75 Å². The molecule has 122 valence electrons. The van der Waals surface area contributed by atoms with E-state index in [1.165, 1.54) is 0 Å². The lowest BCUT2D eigenvalue weighted by atomic mass is 10.0. The van der Waals surface area contributed by atoms with Gasteiger partial charge in [0.15, 0.2) is 0 Å². The number of amides is 4. The maximum atomic E-state index is 12.2. The lowest BCUT2D eigenvalue weighted by Gasteiger charge is -2.18. The van der Waals surface area contributed by atoms with Gasteiger partial charge in [-0.3, -0.25) is 14.9 Å². The van der Waals surface area contributed by atoms with E-state index in [9.17, 15) is 14.4 Å². The highest BCUT2D eigenvalue weighted by atomic mass is 16.5. The van der Waals surface area contributed by atoms with Crippen LogP contribution in [0.15, 0.2) is 18.2 Å². The number of carbonyl (C=O) groups excluding carboxylic acids is 3. The number of carbonyl (C=O) groups is 3. The van der Waals surface area contributed by atoms with Crippen LogP contribution in [0.2, 0.25) is 0 Å². The van der Waals surface area contributed by atoms with E-state index in [0.717, 1.165) is 36.3 Å². The number of rotatable bonds is 3. The summed E-state index contributed by atoms with van der Waals surface area (Å²) in [5.41, 5.74) is 2.14. The molecule has 23 heavy (non-hydrogen) atoms. The zero-order valence-corrected chi connectivity index (χ0v) is 12.7. The monoisotopic (exact) mass is 317 g/mol. The smallest absolute Gasteiger partial charge is 0.322 e. The first kappa shape index (κ1) is 15.3. The van der Waals surface area contributed by atoms with Crippen LogP contribution in [0.25, 0.3) is 0 Å². The summed E-state index contributed by atoms with van der Waals surface area (Å²) in [6.45, 7) is 1.12. The van der Waals surface area contributed by atoms with Crippen LogP contribution in [0.3, 0.4) is 0 Å². The first-order valence-electron chi connectivity index (χ1n) is 7.74. The second kappa shape index (κ2) is 6.68. The zero-order valence-electron chi connectivity index (χ0n) is 12.7. The number of imide groups is 1. The van der Waals surface area contributed by atoms with Crippen molar-refractivity contribution in [3.63, 3.8) is 0 Å². The molecule has 2 aliphatic rings. The summed E-state index contributed by atoms with van der Waals surface area (Å²) >= 11 is 0. The molecule has 0 aliphatic carbocycles. The van der Waals surface area contributed by atoms with Crippen molar-refractivity contribution >= 4 is 17.8 Å². The molecule has 1 saturated heterocycles. The van der Waals surface area contributed by atoms with E-state index in [2.05, 4.69) is 16.0 Å². The molecular formula is C16H19N3O4. The Morgan fingerprint density at radius 3 is 3.04 bits per heavy atom. The fourth-order valence-electron chi connectivity index (χ4n) is 2.76. The molecule has 0 saturated carbocycles. The van der Waals surface area contributed by atoms with Crippen LogP contribution in [0, 0.1) is 0 Å². The quantitative estimate of drug-likeness (QED) is 0.761. The van der Waals surface area contributed by atoms with Gasteiger partial charge in [0.2, 0.25) is 11.8 Å². The molecule has 7 nitrogen and oxygen atoms in total. The summed E-state index contributed by atoms with van der Waals surface area (Å²) in [5.74, 6) is 0.253. The van der Waals surface area contributed by atoms with Gasteiger partial charge < -0.3 is 15.4 Å². The highest BCUT2D eigenvalue weighted by molar-refractivity contribution is 5.98. The standard InChI is InChI=1S/C16H19N3O4/c20-14-6-4-12(18-16(22)19-14)15(21)17-9-10-3-5-13-11(8-10)2-1-7-23-13/h3,5,8,12H,1-2,4,6-7,9H2,(H,17,21)(H2,18,19,20,22)/t12-/m0/s1. The second-order valence-electron chi connectivity index (χ2n) is 5.72. The van der Waals surface area contributed by atoms with Crippen molar-refractivity contribution in [1.82, 2.24) is 16.0 Å². The van der Waals surface area contributed by atoms with Crippen molar-refractivity contribution < 1.29 is 19.1 Å². The number of hydrogen-bond donors (Lipinski definition) is 3. The first-order valence-corrected chi connectivity index (χ1v) is 7.74. The maximum Gasteiger partial charge on any atom is 0.322 e. The first-order chi connectivity index (χ1) is 11.1. The van der Waals surface area contributed by atoms with Crippen molar-refractivity contribution in [2.45, 2.75) is 38.3 Å². The van der Waals surface area contributed by atoms with Crippen molar-refractivity contribution in [2.75, 3.05) is 6.61 Å². The van der Waals surface area contributed by atoms with Gasteiger partial charge in [-0.15, -0.1) is 0 Å². The van der Waals surface area contributed by atoms with Crippen LogP contribution in [0.4, 0.5) is 4.79 Å². The largest absolute Gasteiger partial charge is 0.493 e. The third kappa shape index (κ3) is 3.80. The van der Waals surface area contributed by atoms with Gasteiger partial charge in [-0.1, -0.05) is 12.1 Å². The van der Waals surface area contributed by atoms with E-state index in [0.29, 0.717) is 13.0 Å². The fraction of sp³-hybridized carbons (Fsp3) is 0.438. The minimum Gasteiger partial charge on any atom is -0.493 e. The van der Waals surface area contributed by atoms with Crippen LogP contribution in [0.1, 0.15) is 30.4 Å². The molecule has 3 N–H and O–H groups in total. The number of benzene rings is 1. The molecule has 0 aromatic heterocycles. The van der Waals surface area contributed by atoms with Gasteiger partial charge in [0.05, 0.1) is 6.61 Å². The third-order valence-corrected chi connectivity index (χ3v) is 3.97. The molecule has 0 radical (unpaired) electrons. The van der Waals surface area contributed by atoms with E-state index in [-0.39, 0.29) is 18.2 Å². The van der Waals surface area contributed by atoms with Gasteiger partial charge in [-0.2, -0.15) is 0 Å². The van der Waals surface area contributed by atoms with Crippen LogP contribution in [0.5, 0.6) is 5.75 Å². The Balaban J connectivity index is 1.58. The van der Waals surface area contributed by atoms with E-state index in [1.807, 2.05) is 18.2 Å². The van der Waals surface area contributed by atoms with E-state index in [1.54, 1.807) is 0 Å². The summed E-state index contributed by atoms with van der Waals surface area (Å²) < 4.78 is 5.56. The average molecular weight is 317 g/mol. The van der Waals surface area contributed by atoms with Gasteiger partial charge in [0.1, 0.15) is 11.8 Å². The predicted octanol–water partition coefficient (Wildman–Crippen LogP) is 0.616. The molecule has 0 bridgehead atoms. The average Bonchev–Trinajstić information content (AvgIpc) is 2.72. The molecule has 4 amide bonds. The molecule has 1 atom stereocenters. The Hall–Kier alpha value is -2.57.